The molecule has 1 aromatic heterocycles. The number of nitrogens with one attached hydrogen (secondary N) is 1. The van der Waals surface area contributed by atoms with E-state index < -0.39 is 0 Å². The van der Waals surface area contributed by atoms with E-state index in [1.165, 1.54) is 5.56 Å². The first-order valence-electron chi connectivity index (χ1n) is 7.96. The molecule has 4 rings (SSSR count). The normalized spacial score (nSPS) is 12.2. The Balaban J connectivity index is 1.80. The van der Waals surface area contributed by atoms with Crippen LogP contribution >= 0.6 is 15.9 Å². The Morgan fingerprint density at radius 3 is 2.84 bits per heavy atom. The van der Waals surface area contributed by atoms with Crippen molar-refractivity contribution in [3.05, 3.63) is 69.1 Å². The molecule has 0 bridgehead atoms. The summed E-state index contributed by atoms with van der Waals surface area (Å²) in [5, 5.41) is 3.22. The molecule has 0 fully saturated rings. The van der Waals surface area contributed by atoms with E-state index in [0.29, 0.717) is 12.4 Å². The third-order valence-electron chi connectivity index (χ3n) is 4.34. The van der Waals surface area contributed by atoms with Crippen LogP contribution in [0.1, 0.15) is 5.56 Å². The van der Waals surface area contributed by atoms with Crippen molar-refractivity contribution in [3.8, 4) is 17.0 Å². The molecular formula is C19H16BrN3O2. The van der Waals surface area contributed by atoms with Gasteiger partial charge in [0.15, 0.2) is 0 Å². The molecule has 2 heterocycles. The number of fused-ring (bicyclic) bond motifs is 3. The van der Waals surface area contributed by atoms with Gasteiger partial charge in [-0.3, -0.25) is 4.57 Å². The summed E-state index contributed by atoms with van der Waals surface area (Å²) < 4.78 is 7.95. The Morgan fingerprint density at radius 1 is 1.20 bits per heavy atom. The maximum Gasteiger partial charge on any atom is 0.350 e. The summed E-state index contributed by atoms with van der Waals surface area (Å²) in [4.78, 5) is 16.6. The van der Waals surface area contributed by atoms with Crippen LogP contribution in [-0.2, 0) is 13.0 Å². The lowest BCUT2D eigenvalue weighted by molar-refractivity contribution is 0.414. The monoisotopic (exact) mass is 397 g/mol. The molecule has 0 atom stereocenters. The number of rotatable bonds is 3. The lowest BCUT2D eigenvalue weighted by Crippen LogP contribution is -2.28. The summed E-state index contributed by atoms with van der Waals surface area (Å²) in [6.45, 7) is 0.622. The summed E-state index contributed by atoms with van der Waals surface area (Å²) >= 11 is 3.50. The SMILES string of the molecule is COc1ccc2c(c1)CCn1c-2cc(Nc2ccccc2Br)nc1=O. The van der Waals surface area contributed by atoms with Crippen LogP contribution in [0.5, 0.6) is 5.75 Å². The Hall–Kier alpha value is -2.60. The van der Waals surface area contributed by atoms with Gasteiger partial charge in [0.2, 0.25) is 0 Å². The van der Waals surface area contributed by atoms with E-state index in [4.69, 9.17) is 4.74 Å². The number of aryl methyl sites for hydroxylation is 1. The molecular weight excluding hydrogens is 382 g/mol. The van der Waals surface area contributed by atoms with Crippen molar-refractivity contribution >= 4 is 27.4 Å². The van der Waals surface area contributed by atoms with Gasteiger partial charge in [-0.1, -0.05) is 12.1 Å². The first-order valence-corrected chi connectivity index (χ1v) is 8.76. The zero-order valence-electron chi connectivity index (χ0n) is 13.6. The van der Waals surface area contributed by atoms with E-state index in [9.17, 15) is 4.79 Å². The Morgan fingerprint density at radius 2 is 2.04 bits per heavy atom. The van der Waals surface area contributed by atoms with Crippen LogP contribution in [0.25, 0.3) is 11.3 Å². The van der Waals surface area contributed by atoms with Crippen LogP contribution in [0.15, 0.2) is 57.8 Å². The second-order valence-electron chi connectivity index (χ2n) is 5.84. The largest absolute Gasteiger partial charge is 0.497 e. The molecule has 0 spiro atoms. The van der Waals surface area contributed by atoms with Crippen molar-refractivity contribution in [1.29, 1.82) is 0 Å². The number of para-hydroxylation sites is 1. The third-order valence-corrected chi connectivity index (χ3v) is 5.03. The smallest absolute Gasteiger partial charge is 0.350 e. The number of benzene rings is 2. The zero-order chi connectivity index (χ0) is 17.4. The number of halogens is 1. The highest BCUT2D eigenvalue weighted by atomic mass is 79.9. The second kappa shape index (κ2) is 6.37. The topological polar surface area (TPSA) is 56.1 Å². The van der Waals surface area contributed by atoms with Crippen molar-refractivity contribution in [2.45, 2.75) is 13.0 Å². The van der Waals surface area contributed by atoms with E-state index in [1.807, 2.05) is 48.5 Å². The third kappa shape index (κ3) is 2.93. The fourth-order valence-corrected chi connectivity index (χ4v) is 3.48. The van der Waals surface area contributed by atoms with Gasteiger partial charge in [-0.15, -0.1) is 0 Å². The zero-order valence-corrected chi connectivity index (χ0v) is 15.2. The molecule has 3 aromatic rings. The first-order chi connectivity index (χ1) is 12.2. The van der Waals surface area contributed by atoms with Crippen molar-refractivity contribution < 1.29 is 4.74 Å². The molecule has 0 saturated heterocycles. The van der Waals surface area contributed by atoms with E-state index in [0.717, 1.165) is 33.6 Å². The molecule has 0 unspecified atom stereocenters. The molecule has 0 saturated carbocycles. The number of nitrogens with zero attached hydrogens (tertiary/aromatic N) is 2. The minimum absolute atomic E-state index is 0.242. The maximum absolute atomic E-state index is 12.5. The molecule has 25 heavy (non-hydrogen) atoms. The van der Waals surface area contributed by atoms with Crippen LogP contribution in [0.3, 0.4) is 0 Å². The predicted octanol–water partition coefficient (Wildman–Crippen LogP) is 3.98. The van der Waals surface area contributed by atoms with Gasteiger partial charge in [-0.05, 0) is 58.2 Å². The van der Waals surface area contributed by atoms with Crippen molar-refractivity contribution in [1.82, 2.24) is 9.55 Å². The van der Waals surface area contributed by atoms with Crippen molar-refractivity contribution in [2.75, 3.05) is 12.4 Å². The van der Waals surface area contributed by atoms with Crippen LogP contribution in [0, 0.1) is 0 Å². The molecule has 1 aliphatic heterocycles. The average molecular weight is 398 g/mol. The van der Waals surface area contributed by atoms with Crippen molar-refractivity contribution in [3.63, 3.8) is 0 Å². The highest BCUT2D eigenvalue weighted by Crippen LogP contribution is 2.32. The molecule has 0 radical (unpaired) electrons. The Kier molecular flexibility index (Phi) is 4.05. The van der Waals surface area contributed by atoms with Gasteiger partial charge in [0.05, 0.1) is 18.5 Å². The van der Waals surface area contributed by atoms with Gasteiger partial charge in [0.25, 0.3) is 0 Å². The number of ether oxygens (including phenoxy) is 1. The lowest BCUT2D eigenvalue weighted by atomic mass is 9.97. The van der Waals surface area contributed by atoms with E-state index in [2.05, 4.69) is 26.2 Å². The van der Waals surface area contributed by atoms with E-state index in [1.54, 1.807) is 11.7 Å². The van der Waals surface area contributed by atoms with Crippen LogP contribution < -0.4 is 15.7 Å². The fraction of sp³-hybridized carbons (Fsp3) is 0.158. The quantitative estimate of drug-likeness (QED) is 0.725. The minimum Gasteiger partial charge on any atom is -0.497 e. The van der Waals surface area contributed by atoms with E-state index >= 15 is 0 Å². The van der Waals surface area contributed by atoms with Crippen LogP contribution in [0.2, 0.25) is 0 Å². The molecule has 0 aliphatic carbocycles. The van der Waals surface area contributed by atoms with Gasteiger partial charge in [-0.25, -0.2) is 4.79 Å². The van der Waals surface area contributed by atoms with Gasteiger partial charge >= 0.3 is 5.69 Å². The average Bonchev–Trinajstić information content (AvgIpc) is 2.63. The number of hydrogen-bond donors (Lipinski definition) is 1. The lowest BCUT2D eigenvalue weighted by Gasteiger charge is -2.22. The van der Waals surface area contributed by atoms with Gasteiger partial charge in [0, 0.05) is 22.6 Å². The molecule has 2 aromatic carbocycles. The highest BCUT2D eigenvalue weighted by Gasteiger charge is 2.19. The summed E-state index contributed by atoms with van der Waals surface area (Å²) in [6.07, 6.45) is 0.790. The first kappa shape index (κ1) is 15.9. The summed E-state index contributed by atoms with van der Waals surface area (Å²) in [6, 6.07) is 15.6. The molecule has 0 amide bonds. The summed E-state index contributed by atoms with van der Waals surface area (Å²) in [7, 11) is 1.66. The van der Waals surface area contributed by atoms with Crippen LogP contribution in [-0.4, -0.2) is 16.7 Å². The Labute approximate surface area is 153 Å². The minimum atomic E-state index is -0.242. The molecule has 5 nitrogen and oxygen atoms in total. The van der Waals surface area contributed by atoms with E-state index in [-0.39, 0.29) is 5.69 Å². The predicted molar refractivity (Wildman–Crippen MR) is 102 cm³/mol. The highest BCUT2D eigenvalue weighted by molar-refractivity contribution is 9.10. The molecule has 6 heteroatoms. The molecule has 1 N–H and O–H groups in total. The number of hydrogen-bond acceptors (Lipinski definition) is 4. The van der Waals surface area contributed by atoms with Gasteiger partial charge < -0.3 is 10.1 Å². The number of anilines is 2. The van der Waals surface area contributed by atoms with Gasteiger partial charge in [0.1, 0.15) is 11.6 Å². The maximum atomic E-state index is 12.5. The second-order valence-corrected chi connectivity index (χ2v) is 6.69. The Bertz CT molecular complexity index is 1010. The van der Waals surface area contributed by atoms with Gasteiger partial charge in [-0.2, -0.15) is 4.98 Å². The molecule has 126 valence electrons. The fourth-order valence-electron chi connectivity index (χ4n) is 3.10. The summed E-state index contributed by atoms with van der Waals surface area (Å²) in [5.41, 5.74) is 3.72. The van der Waals surface area contributed by atoms with Crippen molar-refractivity contribution in [2.24, 2.45) is 0 Å². The number of methoxy groups -OCH3 is 1. The standard InChI is InChI=1S/C19H16BrN3O2/c1-25-13-6-7-14-12(10-13)8-9-23-17(14)11-18(22-19(23)24)21-16-5-3-2-4-15(16)20/h2-7,10-11H,8-9H2,1H3,(H,21,22,24). The molecule has 1 aliphatic rings. The van der Waals surface area contributed by atoms with Crippen LogP contribution in [0.4, 0.5) is 11.5 Å². The number of aromatic nitrogens is 2. The summed E-state index contributed by atoms with van der Waals surface area (Å²) in [5.74, 6) is 1.36.